The summed E-state index contributed by atoms with van der Waals surface area (Å²) in [5, 5.41) is 3.42. The Bertz CT molecular complexity index is 380. The molecule has 0 heterocycles. The average Bonchev–Trinajstić information content (AvgIpc) is 3.23. The largest absolute Gasteiger partial charge is 0.371 e. The normalized spacial score (nSPS) is 18.4. The molecule has 0 aromatic heterocycles. The van der Waals surface area contributed by atoms with Crippen LogP contribution in [0.3, 0.4) is 0 Å². The molecule has 0 radical (unpaired) electrons. The van der Waals surface area contributed by atoms with Crippen molar-refractivity contribution in [3.8, 4) is 0 Å². The van der Waals surface area contributed by atoms with Crippen molar-refractivity contribution in [2.24, 2.45) is 5.92 Å². The first kappa shape index (κ1) is 13.4. The highest BCUT2D eigenvalue weighted by Crippen LogP contribution is 2.38. The lowest BCUT2D eigenvalue weighted by Crippen LogP contribution is -2.32. The molecule has 2 unspecified atom stereocenters. The molecule has 18 heavy (non-hydrogen) atoms. The van der Waals surface area contributed by atoms with Crippen molar-refractivity contribution in [3.63, 3.8) is 0 Å². The Hall–Kier alpha value is -1.02. The van der Waals surface area contributed by atoms with Crippen molar-refractivity contribution in [2.75, 3.05) is 19.0 Å². The van der Waals surface area contributed by atoms with E-state index in [1.54, 1.807) is 0 Å². The first-order chi connectivity index (χ1) is 8.69. The summed E-state index contributed by atoms with van der Waals surface area (Å²) in [5.74, 6) is 0.901. The van der Waals surface area contributed by atoms with E-state index in [4.69, 9.17) is 0 Å². The van der Waals surface area contributed by atoms with Crippen LogP contribution in [-0.2, 0) is 0 Å². The van der Waals surface area contributed by atoms with Gasteiger partial charge in [-0.3, -0.25) is 0 Å². The third-order valence-corrected chi connectivity index (χ3v) is 4.36. The first-order valence-electron chi connectivity index (χ1n) is 7.18. The van der Waals surface area contributed by atoms with E-state index in [1.165, 1.54) is 24.1 Å². The summed E-state index contributed by atoms with van der Waals surface area (Å²) in [7, 11) is 4.29. The van der Waals surface area contributed by atoms with Gasteiger partial charge in [-0.05, 0) is 50.8 Å². The van der Waals surface area contributed by atoms with Crippen LogP contribution < -0.4 is 10.2 Å². The molecule has 2 nitrogen and oxygen atoms in total. The Morgan fingerprint density at radius 3 is 2.56 bits per heavy atom. The quantitative estimate of drug-likeness (QED) is 0.825. The van der Waals surface area contributed by atoms with Gasteiger partial charge in [0.05, 0.1) is 0 Å². The van der Waals surface area contributed by atoms with Crippen LogP contribution in [0, 0.1) is 5.92 Å². The fourth-order valence-corrected chi connectivity index (χ4v) is 2.80. The summed E-state index contributed by atoms with van der Waals surface area (Å²) < 4.78 is 0. The van der Waals surface area contributed by atoms with Crippen LogP contribution in [0.25, 0.3) is 0 Å². The molecule has 1 N–H and O–H groups in total. The number of nitrogens with zero attached hydrogens (tertiary/aromatic N) is 1. The predicted octanol–water partition coefficient (Wildman–Crippen LogP) is 3.59. The van der Waals surface area contributed by atoms with Gasteiger partial charge in [0.1, 0.15) is 0 Å². The maximum atomic E-state index is 3.42. The Morgan fingerprint density at radius 2 is 2.00 bits per heavy atom. The van der Waals surface area contributed by atoms with E-state index in [0.29, 0.717) is 12.1 Å². The molecule has 1 aliphatic rings. The number of benzene rings is 1. The second-order valence-electron chi connectivity index (χ2n) is 5.50. The molecular weight excluding hydrogens is 220 g/mol. The lowest BCUT2D eigenvalue weighted by atomic mass is 10.0. The SMILES string of the molecule is CCC(NC)c1ccccc1N(C)C(C)C1CC1. The monoisotopic (exact) mass is 246 g/mol. The molecular formula is C16H26N2. The molecule has 2 heteroatoms. The molecule has 0 bridgehead atoms. The van der Waals surface area contributed by atoms with Crippen LogP contribution in [0.5, 0.6) is 0 Å². The summed E-state index contributed by atoms with van der Waals surface area (Å²) in [6, 6.07) is 9.92. The molecule has 0 aliphatic heterocycles. The fourth-order valence-electron chi connectivity index (χ4n) is 2.80. The molecule has 100 valence electrons. The number of nitrogens with one attached hydrogen (secondary N) is 1. The van der Waals surface area contributed by atoms with Gasteiger partial charge >= 0.3 is 0 Å². The molecule has 1 aromatic carbocycles. The van der Waals surface area contributed by atoms with Crippen LogP contribution in [0.4, 0.5) is 5.69 Å². The van der Waals surface area contributed by atoms with Gasteiger partial charge in [0, 0.05) is 24.8 Å². The summed E-state index contributed by atoms with van der Waals surface area (Å²) in [5.41, 5.74) is 2.82. The van der Waals surface area contributed by atoms with Crippen molar-refractivity contribution < 1.29 is 0 Å². The predicted molar refractivity (Wildman–Crippen MR) is 79.1 cm³/mol. The zero-order chi connectivity index (χ0) is 13.1. The Kier molecular flexibility index (Phi) is 4.28. The van der Waals surface area contributed by atoms with Crippen LogP contribution in [0.1, 0.15) is 44.7 Å². The molecule has 2 atom stereocenters. The van der Waals surface area contributed by atoms with Gasteiger partial charge < -0.3 is 10.2 Å². The van der Waals surface area contributed by atoms with Gasteiger partial charge in [0.15, 0.2) is 0 Å². The van der Waals surface area contributed by atoms with Gasteiger partial charge in [-0.1, -0.05) is 25.1 Å². The highest BCUT2D eigenvalue weighted by Gasteiger charge is 2.31. The highest BCUT2D eigenvalue weighted by atomic mass is 15.1. The Morgan fingerprint density at radius 1 is 1.33 bits per heavy atom. The molecule has 1 aromatic rings. The van der Waals surface area contributed by atoms with Crippen LogP contribution in [0.15, 0.2) is 24.3 Å². The number of hydrogen-bond acceptors (Lipinski definition) is 2. The van der Waals surface area contributed by atoms with Crippen molar-refractivity contribution in [1.29, 1.82) is 0 Å². The van der Waals surface area contributed by atoms with Crippen LogP contribution in [0.2, 0.25) is 0 Å². The van der Waals surface area contributed by atoms with Crippen molar-refractivity contribution in [3.05, 3.63) is 29.8 Å². The standard InChI is InChI=1S/C16H26N2/c1-5-15(17-3)14-8-6-7-9-16(14)18(4)12(2)13-10-11-13/h6-9,12-13,15,17H,5,10-11H2,1-4H3. The highest BCUT2D eigenvalue weighted by molar-refractivity contribution is 5.55. The van der Waals surface area contributed by atoms with E-state index in [1.807, 2.05) is 0 Å². The Balaban J connectivity index is 2.25. The second kappa shape index (κ2) is 5.75. The third kappa shape index (κ3) is 2.69. The topological polar surface area (TPSA) is 15.3 Å². The molecule has 1 fully saturated rings. The number of hydrogen-bond donors (Lipinski definition) is 1. The summed E-state index contributed by atoms with van der Waals surface area (Å²) in [4.78, 5) is 2.47. The smallest absolute Gasteiger partial charge is 0.0414 e. The second-order valence-corrected chi connectivity index (χ2v) is 5.50. The van der Waals surface area contributed by atoms with Gasteiger partial charge in [-0.15, -0.1) is 0 Å². The minimum Gasteiger partial charge on any atom is -0.371 e. The van der Waals surface area contributed by atoms with Gasteiger partial charge in [0.2, 0.25) is 0 Å². The summed E-state index contributed by atoms with van der Waals surface area (Å²) >= 11 is 0. The lowest BCUT2D eigenvalue weighted by Gasteiger charge is -2.31. The van der Waals surface area contributed by atoms with E-state index >= 15 is 0 Å². The minimum atomic E-state index is 0.454. The van der Waals surface area contributed by atoms with Crippen molar-refractivity contribution >= 4 is 5.69 Å². The van der Waals surface area contributed by atoms with E-state index in [-0.39, 0.29) is 0 Å². The third-order valence-electron chi connectivity index (χ3n) is 4.36. The zero-order valence-electron chi connectivity index (χ0n) is 12.1. The molecule has 0 spiro atoms. The van der Waals surface area contributed by atoms with E-state index < -0.39 is 0 Å². The molecule has 0 amide bonds. The van der Waals surface area contributed by atoms with E-state index in [0.717, 1.165) is 12.3 Å². The average molecular weight is 246 g/mol. The molecule has 1 aliphatic carbocycles. The van der Waals surface area contributed by atoms with E-state index in [9.17, 15) is 0 Å². The fraction of sp³-hybridized carbons (Fsp3) is 0.625. The molecule has 2 rings (SSSR count). The maximum absolute atomic E-state index is 3.42. The minimum absolute atomic E-state index is 0.454. The van der Waals surface area contributed by atoms with Gasteiger partial charge in [-0.25, -0.2) is 0 Å². The number of anilines is 1. The summed E-state index contributed by atoms with van der Waals surface area (Å²) in [6.07, 6.45) is 3.92. The van der Waals surface area contributed by atoms with Crippen LogP contribution >= 0.6 is 0 Å². The Labute approximate surface area is 111 Å². The number of rotatable bonds is 6. The van der Waals surface area contributed by atoms with Crippen molar-refractivity contribution in [2.45, 2.75) is 45.2 Å². The molecule has 1 saturated carbocycles. The molecule has 0 saturated heterocycles. The van der Waals surface area contributed by atoms with Gasteiger partial charge in [0.25, 0.3) is 0 Å². The number of para-hydroxylation sites is 1. The van der Waals surface area contributed by atoms with E-state index in [2.05, 4.69) is 62.4 Å². The lowest BCUT2D eigenvalue weighted by molar-refractivity contribution is 0.564. The maximum Gasteiger partial charge on any atom is 0.0414 e. The summed E-state index contributed by atoms with van der Waals surface area (Å²) in [6.45, 7) is 4.59. The first-order valence-corrected chi connectivity index (χ1v) is 7.18. The zero-order valence-corrected chi connectivity index (χ0v) is 12.1. The van der Waals surface area contributed by atoms with Crippen LogP contribution in [-0.4, -0.2) is 20.1 Å². The van der Waals surface area contributed by atoms with Crippen molar-refractivity contribution in [1.82, 2.24) is 5.32 Å². The van der Waals surface area contributed by atoms with Gasteiger partial charge in [-0.2, -0.15) is 0 Å².